The summed E-state index contributed by atoms with van der Waals surface area (Å²) in [5.41, 5.74) is 5.68. The van der Waals surface area contributed by atoms with Crippen LogP contribution in [0.25, 0.3) is 6.08 Å². The molecule has 0 atom stereocenters. The number of nitrogens with zero attached hydrogens (tertiary/aromatic N) is 1. The molecule has 4 nitrogen and oxygen atoms in total. The van der Waals surface area contributed by atoms with Crippen LogP contribution in [0.3, 0.4) is 0 Å². The van der Waals surface area contributed by atoms with E-state index in [1.807, 2.05) is 75.4 Å². The van der Waals surface area contributed by atoms with Crippen LogP contribution < -0.4 is 10.1 Å². The van der Waals surface area contributed by atoms with E-state index >= 15 is 0 Å². The third-order valence-electron chi connectivity index (χ3n) is 5.02. The summed E-state index contributed by atoms with van der Waals surface area (Å²) in [7, 11) is 0. The number of benzene rings is 3. The second kappa shape index (κ2) is 10.6. The zero-order valence-corrected chi connectivity index (χ0v) is 21.2. The number of nitriles is 1. The highest BCUT2D eigenvalue weighted by Gasteiger charge is 2.14. The standard InChI is InChI=1S/C26H22Br2N2O2/c1-16-6-4-8-19(10-16)15-32-25-22(27)12-20(13-23(25)28)11-21(14-29)26(31)30-24-9-5-7-17(2)18(24)3/h4-13H,15H2,1-3H3,(H,30,31)/b21-11+. The Morgan fingerprint density at radius 3 is 2.41 bits per heavy atom. The Morgan fingerprint density at radius 1 is 1.06 bits per heavy atom. The van der Waals surface area contributed by atoms with Crippen LogP contribution in [-0.4, -0.2) is 5.91 Å². The number of carbonyl (C=O) groups excluding carboxylic acids is 1. The largest absolute Gasteiger partial charge is 0.487 e. The lowest BCUT2D eigenvalue weighted by molar-refractivity contribution is -0.112. The summed E-state index contributed by atoms with van der Waals surface area (Å²) >= 11 is 7.08. The number of anilines is 1. The van der Waals surface area contributed by atoms with E-state index in [0.717, 1.165) is 25.6 Å². The molecule has 0 unspecified atom stereocenters. The first-order valence-electron chi connectivity index (χ1n) is 9.95. The van der Waals surface area contributed by atoms with Gasteiger partial charge in [0.25, 0.3) is 5.91 Å². The van der Waals surface area contributed by atoms with Crippen LogP contribution in [0.1, 0.15) is 27.8 Å². The SMILES string of the molecule is Cc1cccc(COc2c(Br)cc(/C=C(\C#N)C(=O)Nc3cccc(C)c3C)cc2Br)c1. The van der Waals surface area contributed by atoms with Crippen molar-refractivity contribution in [1.82, 2.24) is 0 Å². The predicted octanol–water partition coefficient (Wildman–Crippen LogP) is 7.26. The lowest BCUT2D eigenvalue weighted by atomic mass is 10.1. The van der Waals surface area contributed by atoms with Crippen LogP contribution in [0.15, 0.2) is 69.1 Å². The molecule has 162 valence electrons. The maximum Gasteiger partial charge on any atom is 0.266 e. The predicted molar refractivity (Wildman–Crippen MR) is 135 cm³/mol. The van der Waals surface area contributed by atoms with E-state index in [4.69, 9.17) is 4.74 Å². The Bertz CT molecular complexity index is 1220. The number of carbonyl (C=O) groups is 1. The van der Waals surface area contributed by atoms with Crippen molar-refractivity contribution in [3.8, 4) is 11.8 Å². The molecule has 0 saturated heterocycles. The van der Waals surface area contributed by atoms with Gasteiger partial charge in [0.15, 0.2) is 0 Å². The third-order valence-corrected chi connectivity index (χ3v) is 6.19. The average molecular weight is 554 g/mol. The number of ether oxygens (including phenoxy) is 1. The summed E-state index contributed by atoms with van der Waals surface area (Å²) in [6, 6.07) is 19.4. The van der Waals surface area contributed by atoms with Gasteiger partial charge in [0.2, 0.25) is 0 Å². The first kappa shape index (κ1) is 23.8. The van der Waals surface area contributed by atoms with Crippen LogP contribution in [0.5, 0.6) is 5.75 Å². The minimum atomic E-state index is -0.451. The van der Waals surface area contributed by atoms with Gasteiger partial charge in [-0.2, -0.15) is 5.26 Å². The van der Waals surface area contributed by atoms with Crippen molar-refractivity contribution >= 4 is 49.5 Å². The van der Waals surface area contributed by atoms with Gasteiger partial charge in [-0.1, -0.05) is 42.0 Å². The Balaban J connectivity index is 1.79. The molecule has 0 bridgehead atoms. The molecule has 1 amide bonds. The summed E-state index contributed by atoms with van der Waals surface area (Å²) in [5.74, 6) is 0.204. The Morgan fingerprint density at radius 2 is 1.75 bits per heavy atom. The van der Waals surface area contributed by atoms with Crippen LogP contribution in [0, 0.1) is 32.1 Å². The van der Waals surface area contributed by atoms with E-state index in [0.29, 0.717) is 23.6 Å². The lowest BCUT2D eigenvalue weighted by Crippen LogP contribution is -2.14. The van der Waals surface area contributed by atoms with E-state index < -0.39 is 5.91 Å². The number of halogens is 2. The fraction of sp³-hybridized carbons (Fsp3) is 0.154. The summed E-state index contributed by atoms with van der Waals surface area (Å²) in [5, 5.41) is 12.4. The normalized spacial score (nSPS) is 11.1. The molecule has 3 rings (SSSR count). The van der Waals surface area contributed by atoms with Gasteiger partial charge in [-0.15, -0.1) is 0 Å². The van der Waals surface area contributed by atoms with Crippen molar-refractivity contribution in [2.75, 3.05) is 5.32 Å². The molecule has 0 saturated carbocycles. The molecule has 6 heteroatoms. The summed E-state index contributed by atoms with van der Waals surface area (Å²) < 4.78 is 7.43. The minimum absolute atomic E-state index is 0.0122. The topological polar surface area (TPSA) is 62.1 Å². The van der Waals surface area contributed by atoms with E-state index in [9.17, 15) is 10.1 Å². The van der Waals surface area contributed by atoms with E-state index in [-0.39, 0.29) is 5.57 Å². The first-order chi connectivity index (χ1) is 15.3. The quantitative estimate of drug-likeness (QED) is 0.258. The van der Waals surface area contributed by atoms with Gasteiger partial charge in [-0.3, -0.25) is 4.79 Å². The first-order valence-corrected chi connectivity index (χ1v) is 11.5. The molecule has 0 heterocycles. The highest BCUT2D eigenvalue weighted by atomic mass is 79.9. The highest BCUT2D eigenvalue weighted by molar-refractivity contribution is 9.11. The van der Waals surface area contributed by atoms with Crippen molar-refractivity contribution in [2.45, 2.75) is 27.4 Å². The molecule has 3 aromatic rings. The monoisotopic (exact) mass is 552 g/mol. The molecular weight excluding hydrogens is 532 g/mol. The van der Waals surface area contributed by atoms with Crippen molar-refractivity contribution < 1.29 is 9.53 Å². The van der Waals surface area contributed by atoms with Gasteiger partial charge in [0, 0.05) is 5.69 Å². The number of amides is 1. The third kappa shape index (κ3) is 5.87. The Labute approximate surface area is 205 Å². The fourth-order valence-corrected chi connectivity index (χ4v) is 4.60. The zero-order valence-electron chi connectivity index (χ0n) is 18.0. The van der Waals surface area contributed by atoms with E-state index in [1.165, 1.54) is 5.56 Å². The number of nitrogens with one attached hydrogen (secondary N) is 1. The summed E-state index contributed by atoms with van der Waals surface area (Å²) in [4.78, 5) is 12.7. The molecule has 1 N–H and O–H groups in total. The second-order valence-electron chi connectivity index (χ2n) is 7.46. The summed E-state index contributed by atoms with van der Waals surface area (Å²) in [6.07, 6.45) is 1.56. The minimum Gasteiger partial charge on any atom is -0.487 e. The van der Waals surface area contributed by atoms with E-state index in [2.05, 4.69) is 43.2 Å². The van der Waals surface area contributed by atoms with Crippen molar-refractivity contribution in [2.24, 2.45) is 0 Å². The smallest absolute Gasteiger partial charge is 0.266 e. The van der Waals surface area contributed by atoms with Gasteiger partial charge in [-0.25, -0.2) is 0 Å². The average Bonchev–Trinajstić information content (AvgIpc) is 2.74. The zero-order chi connectivity index (χ0) is 23.3. The van der Waals surface area contributed by atoms with E-state index in [1.54, 1.807) is 6.08 Å². The molecule has 0 aliphatic carbocycles. The molecular formula is C26H22Br2N2O2. The summed E-state index contributed by atoms with van der Waals surface area (Å²) in [6.45, 7) is 6.38. The Kier molecular flexibility index (Phi) is 7.89. The van der Waals surface area contributed by atoms with Crippen LogP contribution in [0.2, 0.25) is 0 Å². The van der Waals surface area contributed by atoms with Crippen LogP contribution in [-0.2, 0) is 11.4 Å². The molecule has 3 aromatic carbocycles. The number of aryl methyl sites for hydroxylation is 2. The van der Waals surface area contributed by atoms with Gasteiger partial charge < -0.3 is 10.1 Å². The molecule has 0 aliphatic heterocycles. The van der Waals surface area contributed by atoms with Gasteiger partial charge in [0.05, 0.1) is 8.95 Å². The van der Waals surface area contributed by atoms with Crippen LogP contribution >= 0.6 is 31.9 Å². The number of hydrogen-bond donors (Lipinski definition) is 1. The fourth-order valence-electron chi connectivity index (χ4n) is 3.15. The van der Waals surface area contributed by atoms with Crippen LogP contribution in [0.4, 0.5) is 5.69 Å². The van der Waals surface area contributed by atoms with Gasteiger partial charge in [0.1, 0.15) is 24.0 Å². The number of rotatable bonds is 6. The van der Waals surface area contributed by atoms with Crippen molar-refractivity contribution in [1.29, 1.82) is 5.26 Å². The van der Waals surface area contributed by atoms with Gasteiger partial charge in [-0.05, 0) is 99.2 Å². The molecule has 0 radical (unpaired) electrons. The molecule has 0 spiro atoms. The molecule has 0 aliphatic rings. The van der Waals surface area contributed by atoms with Gasteiger partial charge >= 0.3 is 0 Å². The van der Waals surface area contributed by atoms with Crippen molar-refractivity contribution in [3.05, 3.63) is 96.9 Å². The highest BCUT2D eigenvalue weighted by Crippen LogP contribution is 2.36. The van der Waals surface area contributed by atoms with Crippen molar-refractivity contribution in [3.63, 3.8) is 0 Å². The maximum atomic E-state index is 12.7. The molecule has 32 heavy (non-hydrogen) atoms. The lowest BCUT2D eigenvalue weighted by Gasteiger charge is -2.12. The molecule has 0 aromatic heterocycles. The second-order valence-corrected chi connectivity index (χ2v) is 9.17. The maximum absolute atomic E-state index is 12.7. The number of hydrogen-bond acceptors (Lipinski definition) is 3. The Hall–Kier alpha value is -2.88. The molecule has 0 fully saturated rings.